The monoisotopic (exact) mass is 341 g/mol. The lowest BCUT2D eigenvalue weighted by Crippen LogP contribution is -2.13. The van der Waals surface area contributed by atoms with Crippen LogP contribution in [0, 0.1) is 6.92 Å². The van der Waals surface area contributed by atoms with Crippen LogP contribution in [0.3, 0.4) is 0 Å². The molecule has 136 valence electrons. The molecule has 0 saturated heterocycles. The highest BCUT2D eigenvalue weighted by Gasteiger charge is 2.08. The minimum absolute atomic E-state index is 0.247. The summed E-state index contributed by atoms with van der Waals surface area (Å²) in [6.07, 6.45) is 1.26. The first-order chi connectivity index (χ1) is 12.0. The van der Waals surface area contributed by atoms with E-state index in [1.165, 1.54) is 11.1 Å². The predicted octanol–water partition coefficient (Wildman–Crippen LogP) is 5.79. The van der Waals surface area contributed by atoms with E-state index in [2.05, 4.69) is 58.1 Å². The predicted molar refractivity (Wildman–Crippen MR) is 106 cm³/mol. The third kappa shape index (κ3) is 6.00. The van der Waals surface area contributed by atoms with Gasteiger partial charge in [-0.05, 0) is 67.6 Å². The molecule has 0 saturated carbocycles. The van der Waals surface area contributed by atoms with Crippen LogP contribution in [0.5, 0.6) is 11.5 Å². The average Bonchev–Trinajstić information content (AvgIpc) is 2.59. The van der Waals surface area contributed by atoms with Crippen LogP contribution in [0.4, 0.5) is 5.69 Å². The molecular formula is C22H31NO2. The van der Waals surface area contributed by atoms with Gasteiger partial charge in [0.25, 0.3) is 0 Å². The van der Waals surface area contributed by atoms with Crippen LogP contribution in [0.1, 0.15) is 51.2 Å². The summed E-state index contributed by atoms with van der Waals surface area (Å²) in [6, 6.07) is 14.5. The highest BCUT2D eigenvalue weighted by atomic mass is 16.5. The molecule has 0 heterocycles. The van der Waals surface area contributed by atoms with Gasteiger partial charge in [-0.25, -0.2) is 0 Å². The van der Waals surface area contributed by atoms with Gasteiger partial charge >= 0.3 is 0 Å². The van der Waals surface area contributed by atoms with Crippen molar-refractivity contribution in [1.29, 1.82) is 0 Å². The Hall–Kier alpha value is -2.16. The van der Waals surface area contributed by atoms with E-state index >= 15 is 0 Å². The minimum Gasteiger partial charge on any atom is -0.491 e. The van der Waals surface area contributed by atoms with Crippen LogP contribution in [-0.4, -0.2) is 19.3 Å². The highest BCUT2D eigenvalue weighted by Crippen LogP contribution is 2.27. The Morgan fingerprint density at radius 2 is 1.72 bits per heavy atom. The van der Waals surface area contributed by atoms with E-state index in [4.69, 9.17) is 9.47 Å². The maximum Gasteiger partial charge on any atom is 0.123 e. The van der Waals surface area contributed by atoms with Gasteiger partial charge in [0.2, 0.25) is 0 Å². The van der Waals surface area contributed by atoms with E-state index in [1.807, 2.05) is 24.3 Å². The van der Waals surface area contributed by atoms with Crippen LogP contribution in [0.2, 0.25) is 0 Å². The number of aryl methyl sites for hydroxylation is 1. The molecule has 3 heteroatoms. The fraction of sp³-hybridized carbons (Fsp3) is 0.455. The molecule has 0 unspecified atom stereocenters. The Morgan fingerprint density at radius 1 is 1.00 bits per heavy atom. The van der Waals surface area contributed by atoms with Crippen LogP contribution >= 0.6 is 0 Å². The normalized spacial score (nSPS) is 12.1. The number of benzene rings is 2. The highest BCUT2D eigenvalue weighted by molar-refractivity contribution is 5.46. The van der Waals surface area contributed by atoms with Gasteiger partial charge in [-0.1, -0.05) is 32.9 Å². The van der Waals surface area contributed by atoms with Crippen molar-refractivity contribution >= 4 is 5.69 Å². The summed E-state index contributed by atoms with van der Waals surface area (Å²) in [5.41, 5.74) is 3.56. The van der Waals surface area contributed by atoms with E-state index in [9.17, 15) is 0 Å². The van der Waals surface area contributed by atoms with E-state index in [0.29, 0.717) is 12.5 Å². The van der Waals surface area contributed by atoms with Gasteiger partial charge < -0.3 is 14.8 Å². The molecule has 0 aromatic heterocycles. The van der Waals surface area contributed by atoms with Crippen molar-refractivity contribution in [2.75, 3.05) is 18.5 Å². The first kappa shape index (κ1) is 19.2. The van der Waals surface area contributed by atoms with Gasteiger partial charge in [-0.15, -0.1) is 0 Å². The quantitative estimate of drug-likeness (QED) is 0.586. The van der Waals surface area contributed by atoms with Crippen molar-refractivity contribution in [2.24, 2.45) is 0 Å². The lowest BCUT2D eigenvalue weighted by molar-refractivity contribution is 0.217. The van der Waals surface area contributed by atoms with E-state index in [-0.39, 0.29) is 6.10 Å². The average molecular weight is 341 g/mol. The third-order valence-corrected chi connectivity index (χ3v) is 4.25. The van der Waals surface area contributed by atoms with Gasteiger partial charge in [0.15, 0.2) is 0 Å². The third-order valence-electron chi connectivity index (χ3n) is 4.25. The molecular weight excluding hydrogens is 310 g/mol. The first-order valence-corrected chi connectivity index (χ1v) is 9.23. The van der Waals surface area contributed by atoms with Gasteiger partial charge in [-0.2, -0.15) is 0 Å². The maximum absolute atomic E-state index is 6.00. The second-order valence-electron chi connectivity index (χ2n) is 6.83. The SMILES string of the molecule is CC[C@@H](C)Oc1ccc(NCCOc2cc(C)ccc2C(C)C)cc1. The molecule has 0 radical (unpaired) electrons. The molecule has 2 aromatic rings. The number of hydrogen-bond donors (Lipinski definition) is 1. The zero-order valence-corrected chi connectivity index (χ0v) is 16.1. The Morgan fingerprint density at radius 3 is 2.36 bits per heavy atom. The molecule has 0 bridgehead atoms. The standard InChI is InChI=1S/C22H31NO2/c1-6-18(5)25-20-10-8-19(9-11-20)23-13-14-24-22-15-17(4)7-12-21(22)16(2)3/h7-12,15-16,18,23H,6,13-14H2,1-5H3/t18-/m1/s1. The Balaban J connectivity index is 1.82. The zero-order valence-electron chi connectivity index (χ0n) is 16.1. The van der Waals surface area contributed by atoms with Crippen molar-refractivity contribution in [3.63, 3.8) is 0 Å². The summed E-state index contributed by atoms with van der Waals surface area (Å²) in [7, 11) is 0. The van der Waals surface area contributed by atoms with Gasteiger partial charge in [0.1, 0.15) is 18.1 Å². The van der Waals surface area contributed by atoms with Crippen molar-refractivity contribution in [1.82, 2.24) is 0 Å². The summed E-state index contributed by atoms with van der Waals surface area (Å²) in [5, 5.41) is 3.39. The topological polar surface area (TPSA) is 30.5 Å². The van der Waals surface area contributed by atoms with Gasteiger partial charge in [0.05, 0.1) is 6.10 Å². The minimum atomic E-state index is 0.247. The summed E-state index contributed by atoms with van der Waals surface area (Å²) in [5.74, 6) is 2.37. The largest absolute Gasteiger partial charge is 0.491 e. The molecule has 1 N–H and O–H groups in total. The molecule has 0 amide bonds. The second kappa shape index (κ2) is 9.36. The van der Waals surface area contributed by atoms with Gasteiger partial charge in [0, 0.05) is 12.2 Å². The number of rotatable bonds is 9. The maximum atomic E-state index is 6.00. The molecule has 0 fully saturated rings. The zero-order chi connectivity index (χ0) is 18.2. The Bertz CT molecular complexity index is 650. The Kier molecular flexibility index (Phi) is 7.17. The smallest absolute Gasteiger partial charge is 0.123 e. The van der Waals surface area contributed by atoms with Crippen LogP contribution in [0.25, 0.3) is 0 Å². The summed E-state index contributed by atoms with van der Waals surface area (Å²) in [6.45, 7) is 12.1. The van der Waals surface area contributed by atoms with Crippen molar-refractivity contribution in [3.05, 3.63) is 53.6 Å². The van der Waals surface area contributed by atoms with Crippen LogP contribution < -0.4 is 14.8 Å². The number of hydrogen-bond acceptors (Lipinski definition) is 3. The number of anilines is 1. The van der Waals surface area contributed by atoms with E-state index < -0.39 is 0 Å². The molecule has 2 rings (SSSR count). The van der Waals surface area contributed by atoms with Crippen molar-refractivity contribution in [3.8, 4) is 11.5 Å². The summed E-state index contributed by atoms with van der Waals surface area (Å²) < 4.78 is 11.8. The molecule has 2 aromatic carbocycles. The fourth-order valence-corrected chi connectivity index (χ4v) is 2.57. The molecule has 0 aliphatic rings. The lowest BCUT2D eigenvalue weighted by Gasteiger charge is -2.16. The van der Waals surface area contributed by atoms with Gasteiger partial charge in [-0.3, -0.25) is 0 Å². The molecule has 0 aliphatic heterocycles. The van der Waals surface area contributed by atoms with E-state index in [1.54, 1.807) is 0 Å². The van der Waals surface area contributed by atoms with Crippen molar-refractivity contribution < 1.29 is 9.47 Å². The molecule has 3 nitrogen and oxygen atoms in total. The van der Waals surface area contributed by atoms with Crippen molar-refractivity contribution in [2.45, 2.75) is 53.1 Å². The van der Waals surface area contributed by atoms with Crippen LogP contribution in [0.15, 0.2) is 42.5 Å². The number of nitrogens with one attached hydrogen (secondary N) is 1. The fourth-order valence-electron chi connectivity index (χ4n) is 2.57. The molecule has 0 aliphatic carbocycles. The second-order valence-corrected chi connectivity index (χ2v) is 6.83. The molecule has 25 heavy (non-hydrogen) atoms. The first-order valence-electron chi connectivity index (χ1n) is 9.23. The Labute approximate surface area is 152 Å². The molecule has 0 spiro atoms. The van der Waals surface area contributed by atoms with Crippen LogP contribution in [-0.2, 0) is 0 Å². The summed E-state index contributed by atoms with van der Waals surface area (Å²) in [4.78, 5) is 0. The van der Waals surface area contributed by atoms with E-state index in [0.717, 1.165) is 30.2 Å². The lowest BCUT2D eigenvalue weighted by atomic mass is 10.0. The number of ether oxygens (including phenoxy) is 2. The molecule has 1 atom stereocenters. The summed E-state index contributed by atoms with van der Waals surface area (Å²) >= 11 is 0.